The van der Waals surface area contributed by atoms with Gasteiger partial charge in [0.1, 0.15) is 5.82 Å². The Morgan fingerprint density at radius 3 is 2.76 bits per heavy atom. The topological polar surface area (TPSA) is 116 Å². The van der Waals surface area contributed by atoms with E-state index in [0.717, 1.165) is 17.7 Å². The van der Waals surface area contributed by atoms with Gasteiger partial charge in [-0.05, 0) is 24.6 Å². The maximum absolute atomic E-state index is 11.0. The third kappa shape index (κ3) is 4.69. The molecule has 4 rings (SSSR count). The van der Waals surface area contributed by atoms with E-state index in [-0.39, 0.29) is 6.04 Å². The number of carboxylic acid groups (broad SMARTS) is 1. The van der Waals surface area contributed by atoms with Crippen LogP contribution in [-0.4, -0.2) is 55.2 Å². The van der Waals surface area contributed by atoms with Crippen LogP contribution >= 0.6 is 11.6 Å². The average molecular weight is 412 g/mol. The summed E-state index contributed by atoms with van der Waals surface area (Å²) < 4.78 is 0. The Labute approximate surface area is 171 Å². The number of nitrogens with zero attached hydrogens (tertiary/aromatic N) is 5. The summed E-state index contributed by atoms with van der Waals surface area (Å²) in [5, 5.41) is 16.0. The fourth-order valence-corrected chi connectivity index (χ4v) is 3.25. The highest BCUT2D eigenvalue weighted by atomic mass is 35.5. The zero-order valence-corrected chi connectivity index (χ0v) is 16.0. The van der Waals surface area contributed by atoms with Crippen molar-refractivity contribution >= 4 is 35.1 Å². The highest BCUT2D eigenvalue weighted by molar-refractivity contribution is 6.30. The van der Waals surface area contributed by atoms with Crippen molar-refractivity contribution in [2.45, 2.75) is 12.5 Å². The number of amides is 1. The lowest BCUT2D eigenvalue weighted by molar-refractivity contribution is 0.155. The first-order valence-corrected chi connectivity index (χ1v) is 9.36. The van der Waals surface area contributed by atoms with Crippen molar-refractivity contribution in [3.8, 4) is 11.3 Å². The van der Waals surface area contributed by atoms with Crippen LogP contribution in [0.4, 0.5) is 22.2 Å². The third-order valence-corrected chi connectivity index (χ3v) is 4.71. The fraction of sp³-hybridized carbons (Fsp3) is 0.211. The number of carbonyl (C=O) groups is 1. The molecular formula is C19H18ClN7O2. The van der Waals surface area contributed by atoms with Gasteiger partial charge in [-0.25, -0.2) is 19.7 Å². The Bertz CT molecular complexity index is 1020. The molecule has 3 aromatic rings. The molecule has 3 N–H and O–H groups in total. The molecule has 0 unspecified atom stereocenters. The Balaban J connectivity index is 1.43. The van der Waals surface area contributed by atoms with Crippen molar-refractivity contribution in [2.75, 3.05) is 23.7 Å². The normalized spacial score (nSPS) is 15.9. The van der Waals surface area contributed by atoms with Crippen molar-refractivity contribution in [2.24, 2.45) is 0 Å². The van der Waals surface area contributed by atoms with Crippen LogP contribution in [0.3, 0.4) is 0 Å². The first kappa shape index (κ1) is 18.9. The van der Waals surface area contributed by atoms with Crippen LogP contribution in [0.5, 0.6) is 0 Å². The molecule has 1 amide bonds. The van der Waals surface area contributed by atoms with Crippen molar-refractivity contribution in [1.82, 2.24) is 24.8 Å². The summed E-state index contributed by atoms with van der Waals surface area (Å²) in [5.74, 6) is 1.03. The van der Waals surface area contributed by atoms with Gasteiger partial charge in [-0.15, -0.1) is 0 Å². The molecule has 148 valence electrons. The molecule has 0 saturated carbocycles. The summed E-state index contributed by atoms with van der Waals surface area (Å²) in [6.07, 6.45) is 6.39. The number of anilines is 3. The molecule has 0 spiro atoms. The van der Waals surface area contributed by atoms with Gasteiger partial charge in [-0.1, -0.05) is 17.7 Å². The molecule has 9 nitrogen and oxygen atoms in total. The van der Waals surface area contributed by atoms with E-state index in [0.29, 0.717) is 35.6 Å². The maximum atomic E-state index is 11.0. The highest BCUT2D eigenvalue weighted by Gasteiger charge is 2.26. The summed E-state index contributed by atoms with van der Waals surface area (Å²) in [6.45, 7) is 0.934. The molecule has 1 aliphatic rings. The standard InChI is InChI=1S/C19H18ClN7O2/c20-13-2-1-3-14(6-13)25-18-22-7-12(8-23-18)16-9-21-10-17(26-16)24-15-4-5-27(11-15)19(28)29/h1-3,6-10,15H,4-5,11H2,(H,24,26)(H,28,29)(H,22,23,25)/t15-/m0/s1. The number of nitrogens with one attached hydrogen (secondary N) is 2. The second kappa shape index (κ2) is 8.27. The molecule has 0 aliphatic carbocycles. The Morgan fingerprint density at radius 2 is 2.03 bits per heavy atom. The molecule has 0 bridgehead atoms. The van der Waals surface area contributed by atoms with Gasteiger partial charge in [-0.3, -0.25) is 4.98 Å². The van der Waals surface area contributed by atoms with Gasteiger partial charge >= 0.3 is 6.09 Å². The molecule has 1 aliphatic heterocycles. The number of halogens is 1. The van der Waals surface area contributed by atoms with Gasteiger partial charge in [0.05, 0.1) is 18.1 Å². The summed E-state index contributed by atoms with van der Waals surface area (Å²) in [7, 11) is 0. The van der Waals surface area contributed by atoms with Crippen LogP contribution in [0.25, 0.3) is 11.3 Å². The van der Waals surface area contributed by atoms with Crippen LogP contribution in [-0.2, 0) is 0 Å². The first-order chi connectivity index (χ1) is 14.1. The van der Waals surface area contributed by atoms with Gasteiger partial charge in [0.15, 0.2) is 0 Å². The largest absolute Gasteiger partial charge is 0.465 e. The minimum atomic E-state index is -0.905. The Morgan fingerprint density at radius 1 is 1.21 bits per heavy atom. The minimum absolute atomic E-state index is 0.0103. The van der Waals surface area contributed by atoms with Crippen molar-refractivity contribution in [3.05, 3.63) is 54.1 Å². The lowest BCUT2D eigenvalue weighted by atomic mass is 10.2. The summed E-state index contributed by atoms with van der Waals surface area (Å²) >= 11 is 5.98. The number of benzene rings is 1. The zero-order valence-electron chi connectivity index (χ0n) is 15.3. The first-order valence-electron chi connectivity index (χ1n) is 8.98. The fourth-order valence-electron chi connectivity index (χ4n) is 3.06. The third-order valence-electron chi connectivity index (χ3n) is 4.47. The zero-order chi connectivity index (χ0) is 20.2. The van der Waals surface area contributed by atoms with E-state index in [9.17, 15) is 4.79 Å². The van der Waals surface area contributed by atoms with Gasteiger partial charge in [-0.2, -0.15) is 0 Å². The SMILES string of the molecule is O=C(O)N1CC[C@H](Nc2cncc(-c3cnc(Nc4cccc(Cl)c4)nc3)n2)C1. The smallest absolute Gasteiger partial charge is 0.407 e. The number of hydrogen-bond donors (Lipinski definition) is 3. The van der Waals surface area contributed by atoms with Crippen molar-refractivity contribution in [1.29, 1.82) is 0 Å². The second-order valence-corrected chi connectivity index (χ2v) is 7.02. The molecule has 3 heterocycles. The van der Waals surface area contributed by atoms with E-state index in [4.69, 9.17) is 16.7 Å². The van der Waals surface area contributed by atoms with Gasteiger partial charge in [0.25, 0.3) is 0 Å². The van der Waals surface area contributed by atoms with Crippen molar-refractivity contribution < 1.29 is 9.90 Å². The maximum Gasteiger partial charge on any atom is 0.407 e. The van der Waals surface area contributed by atoms with E-state index in [2.05, 4.69) is 30.6 Å². The molecule has 1 fully saturated rings. The van der Waals surface area contributed by atoms with Gasteiger partial charge in [0, 0.05) is 47.8 Å². The van der Waals surface area contributed by atoms with Gasteiger partial charge < -0.3 is 20.6 Å². The number of hydrogen-bond acceptors (Lipinski definition) is 7. The van der Waals surface area contributed by atoms with Crippen LogP contribution in [0.1, 0.15) is 6.42 Å². The van der Waals surface area contributed by atoms with Crippen molar-refractivity contribution in [3.63, 3.8) is 0 Å². The van der Waals surface area contributed by atoms with Crippen LogP contribution in [0, 0.1) is 0 Å². The highest BCUT2D eigenvalue weighted by Crippen LogP contribution is 2.21. The summed E-state index contributed by atoms with van der Waals surface area (Å²) in [5.41, 5.74) is 2.14. The van der Waals surface area contributed by atoms with E-state index in [1.165, 1.54) is 4.90 Å². The molecule has 2 aromatic heterocycles. The van der Waals surface area contributed by atoms with Gasteiger partial charge in [0.2, 0.25) is 5.95 Å². The lowest BCUT2D eigenvalue weighted by Gasteiger charge is -2.14. The molecule has 29 heavy (non-hydrogen) atoms. The predicted octanol–water partition coefficient (Wildman–Crippen LogP) is 3.49. The monoisotopic (exact) mass is 411 g/mol. The second-order valence-electron chi connectivity index (χ2n) is 6.58. The number of rotatable bonds is 5. The number of aromatic nitrogens is 4. The molecule has 1 saturated heterocycles. The summed E-state index contributed by atoms with van der Waals surface area (Å²) in [6, 6.07) is 7.30. The Hall–Kier alpha value is -3.46. The minimum Gasteiger partial charge on any atom is -0.465 e. The Kier molecular flexibility index (Phi) is 5.39. The molecule has 10 heteroatoms. The molecular weight excluding hydrogens is 394 g/mol. The van der Waals surface area contributed by atoms with E-state index >= 15 is 0 Å². The molecule has 1 atom stereocenters. The van der Waals surface area contributed by atoms with Crippen LogP contribution in [0.2, 0.25) is 5.02 Å². The van der Waals surface area contributed by atoms with Crippen LogP contribution < -0.4 is 10.6 Å². The van der Waals surface area contributed by atoms with E-state index in [1.807, 2.05) is 12.1 Å². The van der Waals surface area contributed by atoms with E-state index in [1.54, 1.807) is 36.9 Å². The van der Waals surface area contributed by atoms with E-state index < -0.39 is 6.09 Å². The quantitative estimate of drug-likeness (QED) is 0.584. The molecule has 0 radical (unpaired) electrons. The number of likely N-dealkylation sites (tertiary alicyclic amines) is 1. The summed E-state index contributed by atoms with van der Waals surface area (Å²) in [4.78, 5) is 29.8. The average Bonchev–Trinajstić information content (AvgIpc) is 3.18. The molecule has 1 aromatic carbocycles. The van der Waals surface area contributed by atoms with Crippen LogP contribution in [0.15, 0.2) is 49.1 Å². The predicted molar refractivity (Wildman–Crippen MR) is 109 cm³/mol. The lowest BCUT2D eigenvalue weighted by Crippen LogP contribution is -2.30.